The first-order valence-corrected chi connectivity index (χ1v) is 10.3. The number of H-pyrrole nitrogens is 1. The number of aromatic amines is 1. The van der Waals surface area contributed by atoms with Crippen LogP contribution in [-0.2, 0) is 23.4 Å². The summed E-state index contributed by atoms with van der Waals surface area (Å²) in [6, 6.07) is 8.42. The maximum Gasteiger partial charge on any atom is 0.178 e. The molecule has 0 radical (unpaired) electrons. The van der Waals surface area contributed by atoms with Crippen molar-refractivity contribution in [3.63, 3.8) is 0 Å². The molecule has 0 spiro atoms. The SMILES string of the molecule is Cn1cc(CN2CC[C@H](c3[nH]ncc3S(C)(=O)=O)C2)c2ccccc21. The number of para-hydroxylation sites is 1. The van der Waals surface area contributed by atoms with Crippen LogP contribution in [0.1, 0.15) is 23.6 Å². The molecule has 0 aliphatic carbocycles. The van der Waals surface area contributed by atoms with E-state index in [9.17, 15) is 8.42 Å². The monoisotopic (exact) mass is 358 g/mol. The molecule has 1 atom stereocenters. The first-order chi connectivity index (χ1) is 11.9. The third kappa shape index (κ3) is 2.98. The normalized spacial score (nSPS) is 19.0. The second kappa shape index (κ2) is 6.00. The number of nitrogens with one attached hydrogen (secondary N) is 1. The third-order valence-corrected chi connectivity index (χ3v) is 6.21. The van der Waals surface area contributed by atoms with Crippen LogP contribution >= 0.6 is 0 Å². The molecule has 1 saturated heterocycles. The minimum absolute atomic E-state index is 0.183. The fraction of sp³-hybridized carbons (Fsp3) is 0.389. The Morgan fingerprint density at radius 2 is 2.12 bits per heavy atom. The lowest BCUT2D eigenvalue weighted by molar-refractivity contribution is 0.327. The van der Waals surface area contributed by atoms with Crippen molar-refractivity contribution in [3.8, 4) is 0 Å². The van der Waals surface area contributed by atoms with Crippen molar-refractivity contribution in [1.82, 2.24) is 19.7 Å². The van der Waals surface area contributed by atoms with Crippen LogP contribution in [0.15, 0.2) is 41.6 Å². The summed E-state index contributed by atoms with van der Waals surface area (Å²) >= 11 is 0. The number of nitrogens with zero attached hydrogens (tertiary/aromatic N) is 3. The molecule has 7 heteroatoms. The van der Waals surface area contributed by atoms with Crippen LogP contribution in [0.2, 0.25) is 0 Å². The molecule has 1 N–H and O–H groups in total. The highest BCUT2D eigenvalue weighted by Crippen LogP contribution is 2.32. The van der Waals surface area contributed by atoms with Gasteiger partial charge in [0.2, 0.25) is 0 Å². The van der Waals surface area contributed by atoms with Crippen molar-refractivity contribution in [2.75, 3.05) is 19.3 Å². The highest BCUT2D eigenvalue weighted by molar-refractivity contribution is 7.90. The van der Waals surface area contributed by atoms with Gasteiger partial charge in [-0.15, -0.1) is 0 Å². The average Bonchev–Trinajstić information content (AvgIpc) is 3.27. The summed E-state index contributed by atoms with van der Waals surface area (Å²) in [5.41, 5.74) is 3.30. The zero-order valence-corrected chi connectivity index (χ0v) is 15.3. The second-order valence-corrected chi connectivity index (χ2v) is 8.91. The number of fused-ring (bicyclic) bond motifs is 1. The Labute approximate surface area is 147 Å². The number of benzene rings is 1. The summed E-state index contributed by atoms with van der Waals surface area (Å²) < 4.78 is 26.0. The Hall–Kier alpha value is -2.12. The van der Waals surface area contributed by atoms with Crippen LogP contribution < -0.4 is 0 Å². The van der Waals surface area contributed by atoms with Gasteiger partial charge in [0.15, 0.2) is 9.84 Å². The van der Waals surface area contributed by atoms with Gasteiger partial charge in [-0.2, -0.15) is 5.10 Å². The van der Waals surface area contributed by atoms with Gasteiger partial charge in [-0.25, -0.2) is 8.42 Å². The van der Waals surface area contributed by atoms with Crippen LogP contribution in [0, 0.1) is 0 Å². The van der Waals surface area contributed by atoms with Gasteiger partial charge in [0, 0.05) is 49.4 Å². The number of aryl methyl sites for hydroxylation is 1. The fourth-order valence-electron chi connectivity index (χ4n) is 3.88. The highest BCUT2D eigenvalue weighted by atomic mass is 32.2. The van der Waals surface area contributed by atoms with E-state index in [1.54, 1.807) is 0 Å². The van der Waals surface area contributed by atoms with Crippen molar-refractivity contribution in [1.29, 1.82) is 0 Å². The van der Waals surface area contributed by atoms with Crippen molar-refractivity contribution < 1.29 is 8.42 Å². The molecule has 2 aromatic heterocycles. The van der Waals surface area contributed by atoms with Crippen LogP contribution in [0.4, 0.5) is 0 Å². The number of rotatable bonds is 4. The van der Waals surface area contributed by atoms with Crippen LogP contribution in [-0.4, -0.2) is 47.4 Å². The number of hydrogen-bond acceptors (Lipinski definition) is 4. The Balaban J connectivity index is 1.54. The molecule has 132 valence electrons. The van der Waals surface area contributed by atoms with E-state index in [2.05, 4.69) is 57.2 Å². The number of sulfone groups is 1. The summed E-state index contributed by atoms with van der Waals surface area (Å²) in [6.45, 7) is 2.67. The Morgan fingerprint density at radius 1 is 1.32 bits per heavy atom. The first-order valence-electron chi connectivity index (χ1n) is 8.42. The summed E-state index contributed by atoms with van der Waals surface area (Å²) in [4.78, 5) is 2.73. The first kappa shape index (κ1) is 16.4. The Bertz CT molecular complexity index is 1020. The van der Waals surface area contributed by atoms with E-state index < -0.39 is 9.84 Å². The molecule has 6 nitrogen and oxygen atoms in total. The van der Waals surface area contributed by atoms with Gasteiger partial charge in [-0.1, -0.05) is 18.2 Å². The molecule has 0 amide bonds. The summed E-state index contributed by atoms with van der Waals surface area (Å²) in [6.07, 6.45) is 5.80. The van der Waals surface area contributed by atoms with Gasteiger partial charge in [-0.05, 0) is 24.6 Å². The Morgan fingerprint density at radius 3 is 2.92 bits per heavy atom. The zero-order valence-electron chi connectivity index (χ0n) is 14.4. The number of hydrogen-bond donors (Lipinski definition) is 1. The largest absolute Gasteiger partial charge is 0.350 e. The maximum absolute atomic E-state index is 11.9. The van der Waals surface area contributed by atoms with E-state index in [0.29, 0.717) is 4.90 Å². The molecule has 3 aromatic rings. The summed E-state index contributed by atoms with van der Waals surface area (Å²) in [7, 11) is -1.17. The average molecular weight is 358 g/mol. The number of likely N-dealkylation sites (tertiary alicyclic amines) is 1. The predicted molar refractivity (Wildman–Crippen MR) is 97.3 cm³/mol. The molecular formula is C18H22N4O2S. The van der Waals surface area contributed by atoms with Gasteiger partial charge in [0.05, 0.1) is 11.9 Å². The molecule has 25 heavy (non-hydrogen) atoms. The van der Waals surface area contributed by atoms with Gasteiger partial charge in [0.1, 0.15) is 4.90 Å². The van der Waals surface area contributed by atoms with E-state index in [0.717, 1.165) is 31.7 Å². The van der Waals surface area contributed by atoms with E-state index in [1.165, 1.54) is 28.9 Å². The maximum atomic E-state index is 11.9. The molecular weight excluding hydrogens is 336 g/mol. The lowest BCUT2D eigenvalue weighted by Crippen LogP contribution is -2.20. The van der Waals surface area contributed by atoms with Crippen LogP contribution in [0.25, 0.3) is 10.9 Å². The minimum atomic E-state index is -3.25. The van der Waals surface area contributed by atoms with E-state index in [1.807, 2.05) is 0 Å². The van der Waals surface area contributed by atoms with E-state index >= 15 is 0 Å². The van der Waals surface area contributed by atoms with Crippen LogP contribution in [0.5, 0.6) is 0 Å². The molecule has 3 heterocycles. The standard InChI is InChI=1S/C18H22N4O2S/c1-21-10-14(15-5-3-4-6-16(15)21)12-22-8-7-13(11-22)18-17(9-19-20-18)25(2,23)24/h3-6,9-10,13H,7-8,11-12H2,1-2H3,(H,19,20)/t13-/m0/s1. The minimum Gasteiger partial charge on any atom is -0.350 e. The molecule has 1 aliphatic heterocycles. The van der Waals surface area contributed by atoms with Gasteiger partial charge >= 0.3 is 0 Å². The second-order valence-electron chi connectivity index (χ2n) is 6.92. The van der Waals surface area contributed by atoms with Crippen molar-refractivity contribution in [3.05, 3.63) is 47.9 Å². The molecule has 1 aliphatic rings. The van der Waals surface area contributed by atoms with Crippen molar-refractivity contribution in [2.24, 2.45) is 7.05 Å². The van der Waals surface area contributed by atoms with E-state index in [-0.39, 0.29) is 5.92 Å². The smallest absolute Gasteiger partial charge is 0.178 e. The summed E-state index contributed by atoms with van der Waals surface area (Å²) in [5.74, 6) is 0.183. The summed E-state index contributed by atoms with van der Waals surface area (Å²) in [5, 5.41) is 8.16. The van der Waals surface area contributed by atoms with Crippen molar-refractivity contribution >= 4 is 20.7 Å². The molecule has 0 saturated carbocycles. The highest BCUT2D eigenvalue weighted by Gasteiger charge is 2.30. The van der Waals surface area contributed by atoms with E-state index in [4.69, 9.17) is 0 Å². The molecule has 1 fully saturated rings. The molecule has 0 unspecified atom stereocenters. The lowest BCUT2D eigenvalue weighted by atomic mass is 10.1. The fourth-order valence-corrected chi connectivity index (χ4v) is 4.73. The van der Waals surface area contributed by atoms with Crippen molar-refractivity contribution in [2.45, 2.75) is 23.8 Å². The molecule has 1 aromatic carbocycles. The molecule has 0 bridgehead atoms. The third-order valence-electron chi connectivity index (χ3n) is 5.09. The lowest BCUT2D eigenvalue weighted by Gasteiger charge is -2.15. The Kier molecular flexibility index (Phi) is 3.92. The van der Waals surface area contributed by atoms with Crippen LogP contribution in [0.3, 0.4) is 0 Å². The molecule has 4 rings (SSSR count). The quantitative estimate of drug-likeness (QED) is 0.777. The topological polar surface area (TPSA) is 71.0 Å². The van der Waals surface area contributed by atoms with Gasteiger partial charge in [0.25, 0.3) is 0 Å². The van der Waals surface area contributed by atoms with Gasteiger partial charge < -0.3 is 4.57 Å². The zero-order chi connectivity index (χ0) is 17.6. The predicted octanol–water partition coefficient (Wildman–Crippen LogP) is 2.29. The van der Waals surface area contributed by atoms with Gasteiger partial charge in [-0.3, -0.25) is 10.00 Å². The number of aromatic nitrogens is 3.